The quantitative estimate of drug-likeness (QED) is 0.573. The number of rotatable bonds is 1. The number of nitrogens with zero attached hydrogens (tertiary/aromatic N) is 1. The molecule has 82 valence electrons. The highest BCUT2D eigenvalue weighted by atomic mass is 16.3. The fraction of sp³-hybridized carbons (Fsp3) is 0.455. The molecule has 1 aliphatic rings. The molecule has 0 bridgehead atoms. The fourth-order valence-electron chi connectivity index (χ4n) is 1.84. The van der Waals surface area contributed by atoms with Gasteiger partial charge in [0.2, 0.25) is 0 Å². The maximum atomic E-state index is 9.44. The molecular formula is C11H16N2O2. The van der Waals surface area contributed by atoms with Gasteiger partial charge in [0.15, 0.2) is 0 Å². The summed E-state index contributed by atoms with van der Waals surface area (Å²) in [5.41, 5.74) is 8.50. The van der Waals surface area contributed by atoms with E-state index in [0.29, 0.717) is 13.1 Å². The Bertz CT molecular complexity index is 358. The van der Waals surface area contributed by atoms with Gasteiger partial charge in [-0.1, -0.05) is 0 Å². The highest BCUT2D eigenvalue weighted by Crippen LogP contribution is 2.24. The number of nitrogens with two attached hydrogens (primary N) is 1. The molecule has 15 heavy (non-hydrogen) atoms. The van der Waals surface area contributed by atoms with Crippen LogP contribution in [0.3, 0.4) is 0 Å². The van der Waals surface area contributed by atoms with Crippen molar-refractivity contribution >= 4 is 11.4 Å². The van der Waals surface area contributed by atoms with Crippen molar-refractivity contribution in [3.8, 4) is 0 Å². The molecule has 1 heterocycles. The number of nitrogen functional groups attached to an aromatic ring is 1. The summed E-state index contributed by atoms with van der Waals surface area (Å²) in [5.74, 6) is 0. The summed E-state index contributed by atoms with van der Waals surface area (Å²) < 4.78 is 0. The van der Waals surface area contributed by atoms with Crippen molar-refractivity contribution < 1.29 is 10.2 Å². The van der Waals surface area contributed by atoms with E-state index in [2.05, 4.69) is 0 Å². The maximum Gasteiger partial charge on any atom is 0.0990 e. The zero-order valence-electron chi connectivity index (χ0n) is 8.72. The van der Waals surface area contributed by atoms with Crippen LogP contribution in [0, 0.1) is 6.92 Å². The lowest BCUT2D eigenvalue weighted by Gasteiger charge is -2.18. The van der Waals surface area contributed by atoms with Gasteiger partial charge in [0.1, 0.15) is 0 Å². The molecule has 1 fully saturated rings. The van der Waals surface area contributed by atoms with Gasteiger partial charge < -0.3 is 20.8 Å². The standard InChI is InChI=1S/C11H16N2O2/c1-7-4-8(2-3-9(7)12)13-5-10(14)11(15)6-13/h2-4,10-11,14-15H,5-6,12H2,1H3. The second kappa shape index (κ2) is 3.72. The van der Waals surface area contributed by atoms with Crippen LogP contribution in [-0.4, -0.2) is 35.5 Å². The number of aliphatic hydroxyl groups excluding tert-OH is 2. The Morgan fingerprint density at radius 2 is 1.87 bits per heavy atom. The molecule has 0 aromatic heterocycles. The predicted octanol–water partition coefficient (Wildman–Crippen LogP) is 0.119. The summed E-state index contributed by atoms with van der Waals surface area (Å²) in [7, 11) is 0. The zero-order chi connectivity index (χ0) is 11.0. The number of β-amino-alcohol motifs (C(OH)–C–C–N with tert-alkyl or cyclic N) is 2. The van der Waals surface area contributed by atoms with Crippen molar-refractivity contribution in [2.75, 3.05) is 23.7 Å². The van der Waals surface area contributed by atoms with E-state index in [0.717, 1.165) is 16.9 Å². The molecule has 1 aromatic rings. The lowest BCUT2D eigenvalue weighted by molar-refractivity contribution is 0.0572. The Morgan fingerprint density at radius 3 is 2.40 bits per heavy atom. The first-order valence-corrected chi connectivity index (χ1v) is 5.05. The van der Waals surface area contributed by atoms with Crippen LogP contribution in [0.4, 0.5) is 11.4 Å². The van der Waals surface area contributed by atoms with Gasteiger partial charge in [-0.3, -0.25) is 0 Å². The van der Waals surface area contributed by atoms with Crippen LogP contribution in [0.25, 0.3) is 0 Å². The Morgan fingerprint density at radius 1 is 1.27 bits per heavy atom. The molecule has 2 rings (SSSR count). The number of aliphatic hydroxyl groups is 2. The molecule has 4 N–H and O–H groups in total. The van der Waals surface area contributed by atoms with Crippen molar-refractivity contribution in [2.24, 2.45) is 0 Å². The molecule has 0 amide bonds. The summed E-state index contributed by atoms with van der Waals surface area (Å²) in [6, 6.07) is 5.73. The molecule has 0 radical (unpaired) electrons. The molecule has 4 nitrogen and oxygen atoms in total. The maximum absolute atomic E-state index is 9.44. The van der Waals surface area contributed by atoms with E-state index in [-0.39, 0.29) is 0 Å². The molecule has 1 saturated heterocycles. The Kier molecular flexibility index (Phi) is 2.54. The number of aryl methyl sites for hydroxylation is 1. The van der Waals surface area contributed by atoms with Crippen LogP contribution in [0.5, 0.6) is 0 Å². The smallest absolute Gasteiger partial charge is 0.0990 e. The van der Waals surface area contributed by atoms with Gasteiger partial charge in [0.25, 0.3) is 0 Å². The summed E-state index contributed by atoms with van der Waals surface area (Å²) in [4.78, 5) is 1.96. The third kappa shape index (κ3) is 1.91. The first-order chi connectivity index (χ1) is 7.08. The van der Waals surface area contributed by atoms with Crippen LogP contribution in [0.15, 0.2) is 18.2 Å². The highest BCUT2D eigenvalue weighted by Gasteiger charge is 2.29. The minimum atomic E-state index is -0.650. The van der Waals surface area contributed by atoms with Crippen molar-refractivity contribution in [2.45, 2.75) is 19.1 Å². The Hall–Kier alpha value is -1.26. The molecular weight excluding hydrogens is 192 g/mol. The fourth-order valence-corrected chi connectivity index (χ4v) is 1.84. The molecule has 2 atom stereocenters. The monoisotopic (exact) mass is 208 g/mol. The topological polar surface area (TPSA) is 69.7 Å². The predicted molar refractivity (Wildman–Crippen MR) is 59.8 cm³/mol. The third-order valence-corrected chi connectivity index (χ3v) is 2.88. The summed E-state index contributed by atoms with van der Waals surface area (Å²) in [6.07, 6.45) is -1.30. The zero-order valence-corrected chi connectivity index (χ0v) is 8.72. The van der Waals surface area contributed by atoms with Crippen LogP contribution in [0.2, 0.25) is 0 Å². The van der Waals surface area contributed by atoms with Gasteiger partial charge in [0.05, 0.1) is 12.2 Å². The molecule has 1 aliphatic heterocycles. The van der Waals surface area contributed by atoms with Crippen molar-refractivity contribution in [1.29, 1.82) is 0 Å². The summed E-state index contributed by atoms with van der Waals surface area (Å²) in [6.45, 7) is 2.90. The Balaban J connectivity index is 2.20. The average molecular weight is 208 g/mol. The van der Waals surface area contributed by atoms with E-state index >= 15 is 0 Å². The molecule has 0 aliphatic carbocycles. The minimum absolute atomic E-state index is 0.477. The molecule has 1 aromatic carbocycles. The molecule has 0 spiro atoms. The first-order valence-electron chi connectivity index (χ1n) is 5.05. The van der Waals surface area contributed by atoms with Crippen molar-refractivity contribution in [1.82, 2.24) is 0 Å². The second-order valence-corrected chi connectivity index (χ2v) is 4.08. The van der Waals surface area contributed by atoms with E-state index in [1.54, 1.807) is 0 Å². The average Bonchev–Trinajstić information content (AvgIpc) is 2.52. The lowest BCUT2D eigenvalue weighted by Crippen LogP contribution is -2.22. The third-order valence-electron chi connectivity index (χ3n) is 2.88. The second-order valence-electron chi connectivity index (χ2n) is 4.08. The largest absolute Gasteiger partial charge is 0.399 e. The van der Waals surface area contributed by atoms with E-state index in [9.17, 15) is 10.2 Å². The first kappa shape index (κ1) is 10.3. The normalized spacial score (nSPS) is 25.9. The van der Waals surface area contributed by atoms with E-state index in [4.69, 9.17) is 5.73 Å². The minimum Gasteiger partial charge on any atom is -0.399 e. The van der Waals surface area contributed by atoms with Crippen LogP contribution in [0.1, 0.15) is 5.56 Å². The van der Waals surface area contributed by atoms with Gasteiger partial charge in [-0.25, -0.2) is 0 Å². The molecule has 4 heteroatoms. The summed E-state index contributed by atoms with van der Waals surface area (Å²) in [5, 5.41) is 18.9. The van der Waals surface area contributed by atoms with E-state index in [1.165, 1.54) is 0 Å². The van der Waals surface area contributed by atoms with Crippen LogP contribution >= 0.6 is 0 Å². The van der Waals surface area contributed by atoms with Gasteiger partial charge in [0, 0.05) is 24.5 Å². The number of hydrogen-bond acceptors (Lipinski definition) is 4. The molecule has 2 unspecified atom stereocenters. The molecule has 0 saturated carbocycles. The number of hydrogen-bond donors (Lipinski definition) is 3. The highest BCUT2D eigenvalue weighted by molar-refractivity contribution is 5.58. The number of benzene rings is 1. The van der Waals surface area contributed by atoms with E-state index < -0.39 is 12.2 Å². The van der Waals surface area contributed by atoms with Crippen molar-refractivity contribution in [3.05, 3.63) is 23.8 Å². The summed E-state index contributed by atoms with van der Waals surface area (Å²) >= 11 is 0. The lowest BCUT2D eigenvalue weighted by atomic mass is 10.2. The number of anilines is 2. The van der Waals surface area contributed by atoms with Gasteiger partial charge >= 0.3 is 0 Å². The van der Waals surface area contributed by atoms with Crippen molar-refractivity contribution in [3.63, 3.8) is 0 Å². The van der Waals surface area contributed by atoms with Gasteiger partial charge in [-0.05, 0) is 30.7 Å². The van der Waals surface area contributed by atoms with Gasteiger partial charge in [-0.2, -0.15) is 0 Å². The van der Waals surface area contributed by atoms with E-state index in [1.807, 2.05) is 30.0 Å². The van der Waals surface area contributed by atoms with Gasteiger partial charge in [-0.15, -0.1) is 0 Å². The van der Waals surface area contributed by atoms with Crippen LogP contribution in [-0.2, 0) is 0 Å². The Labute approximate surface area is 88.9 Å². The SMILES string of the molecule is Cc1cc(N2CC(O)C(O)C2)ccc1N. The van der Waals surface area contributed by atoms with Crippen LogP contribution < -0.4 is 10.6 Å².